The van der Waals surface area contributed by atoms with Crippen molar-refractivity contribution in [1.29, 1.82) is 0 Å². The minimum Gasteiger partial charge on any atom is -0.415 e. The molecule has 0 aromatic heterocycles. The average Bonchev–Trinajstić information content (AvgIpc) is 2.96. The summed E-state index contributed by atoms with van der Waals surface area (Å²) in [4.78, 5) is 26.0. The van der Waals surface area contributed by atoms with Crippen LogP contribution < -0.4 is 0 Å². The Bertz CT molecular complexity index is 702. The lowest BCUT2D eigenvalue weighted by atomic mass is 10.0. The quantitative estimate of drug-likeness (QED) is 0.0330. The standard InChI is InChI=1S/C39H76NO3P/c1-6-8-10-12-14-16-18-20-21-23-25-27-29-31-33-35-38(42)44-39(43,36-40(3,4)5)37(41)34-32-30-28-26-24-22-19-17-15-13-11-9-7-2/h20-21,43H,6-19,22-36H2,1-5H3/b21-20-. The molecule has 260 valence electrons. The number of aliphatic hydroxyl groups is 1. The van der Waals surface area contributed by atoms with E-state index >= 15 is 0 Å². The summed E-state index contributed by atoms with van der Waals surface area (Å²) < 4.78 is 0.467. The monoisotopic (exact) mass is 638 g/mol. The van der Waals surface area contributed by atoms with Crippen LogP contribution in [0, 0.1) is 0 Å². The van der Waals surface area contributed by atoms with Crippen LogP contribution in [0.25, 0.3) is 0 Å². The first-order valence-corrected chi connectivity index (χ1v) is 20.0. The summed E-state index contributed by atoms with van der Waals surface area (Å²) in [5, 5.41) is 9.84. The maximum Gasteiger partial charge on any atom is 0.140 e. The fourth-order valence-electron chi connectivity index (χ4n) is 5.96. The molecule has 0 radical (unpaired) electrons. The summed E-state index contributed by atoms with van der Waals surface area (Å²) in [7, 11) is 6.22. The van der Waals surface area contributed by atoms with Crippen LogP contribution in [0.15, 0.2) is 12.2 Å². The summed E-state index contributed by atoms with van der Waals surface area (Å²) in [5.74, 6) is -0.145. The van der Waals surface area contributed by atoms with Gasteiger partial charge in [-0.15, -0.1) is 0 Å². The molecule has 0 aliphatic rings. The average molecular weight is 638 g/mol. The van der Waals surface area contributed by atoms with Crippen molar-refractivity contribution in [3.05, 3.63) is 12.2 Å². The molecule has 0 aliphatic heterocycles. The highest BCUT2D eigenvalue weighted by atomic mass is 31.1. The predicted octanol–water partition coefficient (Wildman–Crippen LogP) is 11.9. The van der Waals surface area contributed by atoms with Gasteiger partial charge in [0, 0.05) is 6.42 Å². The molecule has 44 heavy (non-hydrogen) atoms. The fraction of sp³-hybridized carbons (Fsp3) is 0.897. The predicted molar refractivity (Wildman–Crippen MR) is 195 cm³/mol. The first-order valence-electron chi connectivity index (χ1n) is 19.1. The molecule has 0 fully saturated rings. The van der Waals surface area contributed by atoms with E-state index in [9.17, 15) is 14.7 Å². The second kappa shape index (κ2) is 29.8. The van der Waals surface area contributed by atoms with Gasteiger partial charge < -0.3 is 23.0 Å². The second-order valence-corrected chi connectivity index (χ2v) is 16.0. The molecule has 0 saturated carbocycles. The molecular weight excluding hydrogens is 561 g/mol. The summed E-state index contributed by atoms with van der Waals surface area (Å²) in [6, 6.07) is 0. The third-order valence-corrected chi connectivity index (χ3v) is 9.84. The van der Waals surface area contributed by atoms with E-state index in [1.165, 1.54) is 122 Å². The number of carbonyl (C=O) groups is 2. The van der Waals surface area contributed by atoms with Crippen molar-refractivity contribution in [2.75, 3.05) is 27.7 Å². The highest BCUT2D eigenvalue weighted by Gasteiger charge is 2.32. The molecule has 0 aromatic carbocycles. The lowest BCUT2D eigenvalue weighted by Gasteiger charge is -2.43. The van der Waals surface area contributed by atoms with Gasteiger partial charge in [-0.2, -0.15) is 0 Å². The number of unbranched alkanes of at least 4 members (excludes halogenated alkanes) is 23. The molecule has 1 N–H and O–H groups in total. The van der Waals surface area contributed by atoms with Crippen LogP contribution >= 0.6 is 8.58 Å². The maximum atomic E-state index is 13.2. The maximum absolute atomic E-state index is 13.2. The summed E-state index contributed by atoms with van der Waals surface area (Å²) in [6.45, 7) is 4.81. The summed E-state index contributed by atoms with van der Waals surface area (Å²) in [6.07, 6.45) is 38.0. The Morgan fingerprint density at radius 3 is 1.27 bits per heavy atom. The fourth-order valence-corrected chi connectivity index (χ4v) is 7.37. The smallest absolute Gasteiger partial charge is 0.140 e. The third kappa shape index (κ3) is 28.9. The van der Waals surface area contributed by atoms with E-state index in [1.54, 1.807) is 0 Å². The number of rotatable bonds is 34. The van der Waals surface area contributed by atoms with Gasteiger partial charge in [-0.25, -0.2) is 0 Å². The van der Waals surface area contributed by atoms with E-state index in [0.717, 1.165) is 44.9 Å². The van der Waals surface area contributed by atoms with Gasteiger partial charge in [0.05, 0.1) is 33.0 Å². The second-order valence-electron chi connectivity index (χ2n) is 14.5. The highest BCUT2D eigenvalue weighted by Crippen LogP contribution is 2.36. The zero-order valence-corrected chi connectivity index (χ0v) is 31.2. The van der Waals surface area contributed by atoms with Crippen LogP contribution in [-0.4, -0.2) is 53.9 Å². The zero-order valence-electron chi connectivity index (χ0n) is 30.3. The molecule has 0 heterocycles. The molecule has 0 amide bonds. The van der Waals surface area contributed by atoms with Crippen molar-refractivity contribution in [2.24, 2.45) is 0 Å². The van der Waals surface area contributed by atoms with E-state index in [1.807, 2.05) is 21.1 Å². The molecule has 5 heteroatoms. The lowest BCUT2D eigenvalue weighted by Crippen LogP contribution is -2.51. The minimum absolute atomic E-state index is 0.0114. The number of allylic oxidation sites excluding steroid dienone is 2. The Balaban J connectivity index is 4.08. The number of hydrogen-bond donors (Lipinski definition) is 1. The Hall–Kier alpha value is -0.570. The van der Waals surface area contributed by atoms with Crippen molar-refractivity contribution in [1.82, 2.24) is 0 Å². The highest BCUT2D eigenvalue weighted by molar-refractivity contribution is 7.60. The van der Waals surface area contributed by atoms with Crippen LogP contribution in [-0.2, 0) is 9.59 Å². The topological polar surface area (TPSA) is 54.4 Å². The Morgan fingerprint density at radius 1 is 0.545 bits per heavy atom. The third-order valence-electron chi connectivity index (χ3n) is 8.61. The Kier molecular flexibility index (Phi) is 29.4. The first kappa shape index (κ1) is 43.4. The molecule has 1 atom stereocenters. The van der Waals surface area contributed by atoms with Crippen LogP contribution in [0.3, 0.4) is 0 Å². The first-order chi connectivity index (χ1) is 21.1. The molecule has 0 bridgehead atoms. The van der Waals surface area contributed by atoms with Gasteiger partial charge in [0.25, 0.3) is 0 Å². The molecule has 0 aliphatic carbocycles. The van der Waals surface area contributed by atoms with Crippen molar-refractivity contribution < 1.29 is 19.2 Å². The molecule has 0 spiro atoms. The summed E-state index contributed by atoms with van der Waals surface area (Å²) in [5.41, 5.74) is 0.0114. The van der Waals surface area contributed by atoms with Crippen LogP contribution in [0.2, 0.25) is 0 Å². The van der Waals surface area contributed by atoms with Crippen molar-refractivity contribution in [3.63, 3.8) is 0 Å². The Morgan fingerprint density at radius 2 is 0.886 bits per heavy atom. The van der Waals surface area contributed by atoms with Crippen LogP contribution in [0.5, 0.6) is 0 Å². The van der Waals surface area contributed by atoms with Crippen LogP contribution in [0.4, 0.5) is 0 Å². The van der Waals surface area contributed by atoms with Crippen LogP contribution in [0.1, 0.15) is 194 Å². The summed E-state index contributed by atoms with van der Waals surface area (Å²) >= 11 is 0. The number of likely N-dealkylation sites (N-methyl/N-ethyl adjacent to an activating group) is 1. The molecule has 4 nitrogen and oxygen atoms in total. The Labute approximate surface area is 277 Å². The molecule has 0 saturated heterocycles. The van der Waals surface area contributed by atoms with Crippen molar-refractivity contribution in [2.45, 2.75) is 199 Å². The number of carbonyl (C=O) groups excluding carboxylic acids is 2. The van der Waals surface area contributed by atoms with Gasteiger partial charge in [0.1, 0.15) is 5.78 Å². The van der Waals surface area contributed by atoms with Gasteiger partial charge in [-0.3, -0.25) is 4.79 Å². The van der Waals surface area contributed by atoms with Gasteiger partial charge >= 0.3 is 0 Å². The van der Waals surface area contributed by atoms with Crippen molar-refractivity contribution in [3.8, 4) is 0 Å². The minimum atomic E-state index is -1.56. The van der Waals surface area contributed by atoms with E-state index < -0.39 is 5.34 Å². The normalized spacial score (nSPS) is 13.8. The molecule has 0 aromatic rings. The molecular formula is C39H76NO3P. The largest absolute Gasteiger partial charge is 0.415 e. The number of Topliss-reactive ketones (excluding diaryl/α,β-unsaturated/α-hetero) is 1. The molecule has 1 unspecified atom stereocenters. The lowest BCUT2D eigenvalue weighted by molar-refractivity contribution is -0.873. The van der Waals surface area contributed by atoms with Gasteiger partial charge in [-0.05, 0) is 50.5 Å². The van der Waals surface area contributed by atoms with Gasteiger partial charge in [0.15, 0.2) is 0 Å². The SMILES string of the molecule is CCCCCCCC/C=C\CCCCCCCC(=O)[P-]C(O)(C[N+](C)(C)C)C(=O)CCCCCCCCCCCCCCC. The van der Waals surface area contributed by atoms with E-state index in [-0.39, 0.29) is 26.4 Å². The molecule has 0 rings (SSSR count). The zero-order chi connectivity index (χ0) is 32.8. The van der Waals surface area contributed by atoms with Gasteiger partial charge in [-0.1, -0.05) is 154 Å². The van der Waals surface area contributed by atoms with E-state index in [2.05, 4.69) is 26.0 Å². The van der Waals surface area contributed by atoms with Crippen molar-refractivity contribution >= 4 is 19.9 Å². The number of ketones is 1. The van der Waals surface area contributed by atoms with Gasteiger partial charge in [0.2, 0.25) is 0 Å². The van der Waals surface area contributed by atoms with E-state index in [0.29, 0.717) is 17.3 Å². The van der Waals surface area contributed by atoms with E-state index in [4.69, 9.17) is 0 Å². The number of nitrogens with zero attached hydrogens (tertiary/aromatic N) is 1. The number of hydrogen-bond acceptors (Lipinski definition) is 3. The number of quaternary nitrogens is 1.